The van der Waals surface area contributed by atoms with Gasteiger partial charge < -0.3 is 19.4 Å². The van der Waals surface area contributed by atoms with Gasteiger partial charge in [-0.1, -0.05) is 18.2 Å². The molecule has 2 heterocycles. The zero-order valence-electron chi connectivity index (χ0n) is 14.0. The highest BCUT2D eigenvalue weighted by molar-refractivity contribution is 5.88. The van der Waals surface area contributed by atoms with Crippen molar-refractivity contribution in [3.63, 3.8) is 0 Å². The first-order valence-corrected chi connectivity index (χ1v) is 8.51. The van der Waals surface area contributed by atoms with Crippen molar-refractivity contribution < 1.29 is 18.7 Å². The van der Waals surface area contributed by atoms with Crippen molar-refractivity contribution in [1.29, 1.82) is 0 Å². The minimum absolute atomic E-state index is 0.0495. The lowest BCUT2D eigenvalue weighted by Crippen LogP contribution is -2.46. The predicted molar refractivity (Wildman–Crippen MR) is 91.8 cm³/mol. The summed E-state index contributed by atoms with van der Waals surface area (Å²) in [5, 5.41) is 2.84. The average Bonchev–Trinajstić information content (AvgIpc) is 3.32. The van der Waals surface area contributed by atoms with Crippen molar-refractivity contribution in [1.82, 2.24) is 10.2 Å². The summed E-state index contributed by atoms with van der Waals surface area (Å²) in [5.41, 5.74) is 0. The number of carbonyl (C=O) groups is 2. The quantitative estimate of drug-likeness (QED) is 0.838. The van der Waals surface area contributed by atoms with E-state index in [2.05, 4.69) is 5.32 Å². The lowest BCUT2D eigenvalue weighted by atomic mass is 10.2. The summed E-state index contributed by atoms with van der Waals surface area (Å²) < 4.78 is 10.8. The smallest absolute Gasteiger partial charge is 0.243 e. The van der Waals surface area contributed by atoms with Crippen molar-refractivity contribution in [2.45, 2.75) is 31.8 Å². The number of furan rings is 1. The molecule has 1 fully saturated rings. The maximum absolute atomic E-state index is 12.4. The third kappa shape index (κ3) is 4.62. The van der Waals surface area contributed by atoms with Crippen LogP contribution in [-0.2, 0) is 16.1 Å². The first-order chi connectivity index (χ1) is 12.2. The van der Waals surface area contributed by atoms with E-state index in [1.807, 2.05) is 30.3 Å². The fourth-order valence-corrected chi connectivity index (χ4v) is 2.96. The first kappa shape index (κ1) is 17.1. The summed E-state index contributed by atoms with van der Waals surface area (Å²) in [6.45, 7) is 1.25. The van der Waals surface area contributed by atoms with E-state index < -0.39 is 6.04 Å². The highest BCUT2D eigenvalue weighted by atomic mass is 16.5. The Kier molecular flexibility index (Phi) is 5.72. The van der Waals surface area contributed by atoms with E-state index in [0.717, 1.165) is 12.2 Å². The van der Waals surface area contributed by atoms with Gasteiger partial charge in [-0.3, -0.25) is 9.59 Å². The highest BCUT2D eigenvalue weighted by Crippen LogP contribution is 2.19. The van der Waals surface area contributed by atoms with E-state index in [1.165, 1.54) is 0 Å². The number of nitrogens with one attached hydrogen (secondary N) is 1. The zero-order chi connectivity index (χ0) is 17.5. The Labute approximate surface area is 146 Å². The van der Waals surface area contributed by atoms with Gasteiger partial charge in [-0.05, 0) is 37.1 Å². The lowest BCUT2D eigenvalue weighted by molar-refractivity contribution is -0.138. The van der Waals surface area contributed by atoms with E-state index >= 15 is 0 Å². The van der Waals surface area contributed by atoms with Gasteiger partial charge in [-0.2, -0.15) is 0 Å². The lowest BCUT2D eigenvalue weighted by Gasteiger charge is -2.24. The van der Waals surface area contributed by atoms with E-state index in [0.29, 0.717) is 31.9 Å². The number of para-hydroxylation sites is 1. The maximum atomic E-state index is 12.4. The van der Waals surface area contributed by atoms with Gasteiger partial charge in [0, 0.05) is 6.54 Å². The summed E-state index contributed by atoms with van der Waals surface area (Å²) >= 11 is 0. The molecule has 6 nitrogen and oxygen atoms in total. The summed E-state index contributed by atoms with van der Waals surface area (Å²) in [5.74, 6) is 1.25. The van der Waals surface area contributed by atoms with Crippen LogP contribution in [0.5, 0.6) is 5.75 Å². The molecule has 1 saturated heterocycles. The maximum Gasteiger partial charge on any atom is 0.243 e. The Morgan fingerprint density at radius 1 is 1.20 bits per heavy atom. The van der Waals surface area contributed by atoms with Crippen molar-refractivity contribution in [3.05, 3.63) is 54.5 Å². The second kappa shape index (κ2) is 8.37. The van der Waals surface area contributed by atoms with Crippen LogP contribution < -0.4 is 10.1 Å². The third-order valence-electron chi connectivity index (χ3n) is 4.22. The summed E-state index contributed by atoms with van der Waals surface area (Å²) in [6.07, 6.45) is 3.36. The van der Waals surface area contributed by atoms with Gasteiger partial charge in [0.25, 0.3) is 0 Å². The van der Waals surface area contributed by atoms with Gasteiger partial charge in [-0.15, -0.1) is 0 Å². The fraction of sp³-hybridized carbons (Fsp3) is 0.368. The molecule has 3 rings (SSSR count). The molecule has 6 heteroatoms. The van der Waals surface area contributed by atoms with Crippen LogP contribution in [0.4, 0.5) is 0 Å². The molecule has 1 N–H and O–H groups in total. The van der Waals surface area contributed by atoms with E-state index in [4.69, 9.17) is 9.15 Å². The molecule has 132 valence electrons. The molecule has 0 spiro atoms. The van der Waals surface area contributed by atoms with Gasteiger partial charge in [0.05, 0.1) is 25.8 Å². The summed E-state index contributed by atoms with van der Waals surface area (Å²) in [4.78, 5) is 26.5. The van der Waals surface area contributed by atoms with Crippen LogP contribution >= 0.6 is 0 Å². The Bertz CT molecular complexity index is 685. The molecule has 0 radical (unpaired) electrons. The van der Waals surface area contributed by atoms with Gasteiger partial charge in [0.15, 0.2) is 0 Å². The number of nitrogens with zero attached hydrogens (tertiary/aromatic N) is 1. The number of carbonyl (C=O) groups excluding carboxylic acids is 2. The molecule has 1 aliphatic rings. The van der Waals surface area contributed by atoms with Crippen LogP contribution in [0, 0.1) is 0 Å². The number of hydrogen-bond acceptors (Lipinski definition) is 4. The fourth-order valence-electron chi connectivity index (χ4n) is 2.96. The Morgan fingerprint density at radius 2 is 2.04 bits per heavy atom. The molecule has 0 aliphatic carbocycles. The zero-order valence-corrected chi connectivity index (χ0v) is 14.0. The molecule has 0 bridgehead atoms. The molecule has 1 unspecified atom stereocenters. The molecule has 1 aromatic heterocycles. The van der Waals surface area contributed by atoms with E-state index in [1.54, 1.807) is 23.3 Å². The number of benzene rings is 1. The molecule has 2 amide bonds. The monoisotopic (exact) mass is 342 g/mol. The minimum Gasteiger partial charge on any atom is -0.493 e. The van der Waals surface area contributed by atoms with E-state index in [9.17, 15) is 9.59 Å². The topological polar surface area (TPSA) is 71.8 Å². The second-order valence-electron chi connectivity index (χ2n) is 5.95. The number of rotatable bonds is 7. The highest BCUT2D eigenvalue weighted by Gasteiger charge is 2.33. The van der Waals surface area contributed by atoms with Crippen LogP contribution in [0.1, 0.15) is 25.0 Å². The third-order valence-corrected chi connectivity index (χ3v) is 4.22. The normalized spacial score (nSPS) is 16.6. The van der Waals surface area contributed by atoms with Gasteiger partial charge >= 0.3 is 0 Å². The molecule has 0 saturated carbocycles. The van der Waals surface area contributed by atoms with Crippen LogP contribution in [0.3, 0.4) is 0 Å². The van der Waals surface area contributed by atoms with Crippen molar-refractivity contribution in [3.8, 4) is 5.75 Å². The molecular weight excluding hydrogens is 320 g/mol. The molecular formula is C19H22N2O4. The Morgan fingerprint density at radius 3 is 2.80 bits per heavy atom. The van der Waals surface area contributed by atoms with Gasteiger partial charge in [-0.25, -0.2) is 0 Å². The first-order valence-electron chi connectivity index (χ1n) is 8.51. The molecule has 1 atom stereocenters. The van der Waals surface area contributed by atoms with E-state index in [-0.39, 0.29) is 18.2 Å². The molecule has 1 aromatic carbocycles. The molecule has 25 heavy (non-hydrogen) atoms. The van der Waals surface area contributed by atoms with Crippen molar-refractivity contribution >= 4 is 11.8 Å². The number of hydrogen-bond donors (Lipinski definition) is 1. The summed E-state index contributed by atoms with van der Waals surface area (Å²) in [6, 6.07) is 12.6. The number of ether oxygens (including phenoxy) is 1. The molecule has 2 aromatic rings. The van der Waals surface area contributed by atoms with Gasteiger partial charge in [0.2, 0.25) is 11.8 Å². The van der Waals surface area contributed by atoms with Crippen molar-refractivity contribution in [2.75, 3.05) is 13.2 Å². The van der Waals surface area contributed by atoms with Crippen molar-refractivity contribution in [2.24, 2.45) is 0 Å². The number of amides is 2. The largest absolute Gasteiger partial charge is 0.493 e. The van der Waals surface area contributed by atoms with Gasteiger partial charge in [0.1, 0.15) is 17.6 Å². The summed E-state index contributed by atoms with van der Waals surface area (Å²) in [7, 11) is 0. The average molecular weight is 342 g/mol. The molecule has 1 aliphatic heterocycles. The minimum atomic E-state index is -0.404. The SMILES string of the molecule is O=C(NCc1ccco1)C1CCCN1C(=O)CCOc1ccccc1. The predicted octanol–water partition coefficient (Wildman–Crippen LogP) is 2.36. The standard InChI is InChI=1S/C19H22N2O4/c22-18(10-13-25-15-6-2-1-3-7-15)21-11-4-9-17(21)19(23)20-14-16-8-5-12-24-16/h1-3,5-8,12,17H,4,9-11,13-14H2,(H,20,23). The second-order valence-corrected chi connectivity index (χ2v) is 5.95. The van der Waals surface area contributed by atoms with Crippen LogP contribution in [0.15, 0.2) is 53.1 Å². The Balaban J connectivity index is 1.46. The van der Waals surface area contributed by atoms with Crippen LogP contribution in [0.25, 0.3) is 0 Å². The Hall–Kier alpha value is -2.76. The van der Waals surface area contributed by atoms with Crippen LogP contribution in [0.2, 0.25) is 0 Å². The van der Waals surface area contributed by atoms with Crippen LogP contribution in [-0.4, -0.2) is 35.9 Å². The number of likely N-dealkylation sites (tertiary alicyclic amines) is 1.